The number of amides is 3. The third-order valence-electron chi connectivity index (χ3n) is 5.23. The molecule has 28 heavy (non-hydrogen) atoms. The molecule has 3 amide bonds. The predicted molar refractivity (Wildman–Crippen MR) is 97.2 cm³/mol. The minimum atomic E-state index is -2.94. The van der Waals surface area contributed by atoms with Gasteiger partial charge in [0.25, 0.3) is 5.91 Å². The van der Waals surface area contributed by atoms with Gasteiger partial charge in [0.2, 0.25) is 0 Å². The van der Waals surface area contributed by atoms with Gasteiger partial charge in [-0.05, 0) is 37.6 Å². The number of benzene rings is 1. The van der Waals surface area contributed by atoms with Crippen molar-refractivity contribution in [3.05, 3.63) is 23.8 Å². The molecule has 9 heteroatoms. The SMILES string of the molecule is COc1cc(CN(C)CN2C(=O)NC3(CCCCC3)C2=O)ccc1OC(F)F. The highest BCUT2D eigenvalue weighted by molar-refractivity contribution is 6.07. The Morgan fingerprint density at radius 3 is 2.57 bits per heavy atom. The Morgan fingerprint density at radius 1 is 1.21 bits per heavy atom. The van der Waals surface area contributed by atoms with Crippen molar-refractivity contribution in [1.29, 1.82) is 0 Å². The summed E-state index contributed by atoms with van der Waals surface area (Å²) < 4.78 is 34.4. The summed E-state index contributed by atoms with van der Waals surface area (Å²) in [5.41, 5.74) is 0.0357. The van der Waals surface area contributed by atoms with Crippen LogP contribution < -0.4 is 14.8 Å². The van der Waals surface area contributed by atoms with E-state index in [1.165, 1.54) is 18.1 Å². The quantitative estimate of drug-likeness (QED) is 0.717. The lowest BCUT2D eigenvalue weighted by molar-refractivity contribution is -0.133. The summed E-state index contributed by atoms with van der Waals surface area (Å²) in [5, 5.41) is 2.89. The molecular weight excluding hydrogens is 372 g/mol. The molecule has 0 bridgehead atoms. The van der Waals surface area contributed by atoms with Crippen molar-refractivity contribution in [2.75, 3.05) is 20.8 Å². The number of ether oxygens (including phenoxy) is 2. The molecule has 1 aliphatic carbocycles. The predicted octanol–water partition coefficient (Wildman–Crippen LogP) is 2.94. The van der Waals surface area contributed by atoms with E-state index in [-0.39, 0.29) is 30.1 Å². The summed E-state index contributed by atoms with van der Waals surface area (Å²) in [6.07, 6.45) is 4.31. The first-order valence-corrected chi connectivity index (χ1v) is 9.29. The number of urea groups is 1. The average Bonchev–Trinajstić information content (AvgIpc) is 2.87. The summed E-state index contributed by atoms with van der Waals surface area (Å²) in [6, 6.07) is 4.30. The van der Waals surface area contributed by atoms with Crippen molar-refractivity contribution in [1.82, 2.24) is 15.1 Å². The molecule has 0 radical (unpaired) electrons. The first-order chi connectivity index (χ1) is 13.3. The van der Waals surface area contributed by atoms with Crippen LogP contribution in [0.2, 0.25) is 0 Å². The fourth-order valence-corrected chi connectivity index (χ4v) is 3.91. The van der Waals surface area contributed by atoms with Gasteiger partial charge in [-0.2, -0.15) is 8.78 Å². The molecule has 1 saturated carbocycles. The van der Waals surface area contributed by atoms with Crippen molar-refractivity contribution in [2.45, 2.75) is 50.8 Å². The molecule has 0 unspecified atom stereocenters. The molecule has 2 fully saturated rings. The molecule has 3 rings (SSSR count). The van der Waals surface area contributed by atoms with Gasteiger partial charge in [-0.3, -0.25) is 9.69 Å². The van der Waals surface area contributed by atoms with Gasteiger partial charge in [-0.1, -0.05) is 25.3 Å². The molecule has 1 aliphatic heterocycles. The zero-order chi connectivity index (χ0) is 20.3. The maximum Gasteiger partial charge on any atom is 0.387 e. The zero-order valence-electron chi connectivity index (χ0n) is 16.0. The van der Waals surface area contributed by atoms with E-state index in [1.807, 2.05) is 4.90 Å². The standard InChI is InChI=1S/C19H25F2N3O4/c1-23(11-13-6-7-14(28-17(20)21)15(10-13)27-2)12-24-16(25)19(22-18(24)26)8-4-3-5-9-19/h6-7,10,17H,3-5,8-9,11-12H2,1-2H3,(H,22,26). The van der Waals surface area contributed by atoms with Crippen LogP contribution in [0.25, 0.3) is 0 Å². The van der Waals surface area contributed by atoms with E-state index < -0.39 is 12.2 Å². The van der Waals surface area contributed by atoms with Gasteiger partial charge in [-0.15, -0.1) is 0 Å². The molecule has 2 aliphatic rings. The van der Waals surface area contributed by atoms with E-state index in [2.05, 4.69) is 10.1 Å². The van der Waals surface area contributed by atoms with Crippen LogP contribution in [0.5, 0.6) is 11.5 Å². The van der Waals surface area contributed by atoms with Crippen molar-refractivity contribution in [2.24, 2.45) is 0 Å². The second kappa shape index (κ2) is 8.30. The smallest absolute Gasteiger partial charge is 0.387 e. The van der Waals surface area contributed by atoms with Crippen molar-refractivity contribution in [3.63, 3.8) is 0 Å². The molecule has 1 saturated heterocycles. The molecule has 7 nitrogen and oxygen atoms in total. The Balaban J connectivity index is 1.64. The maximum absolute atomic E-state index is 12.8. The van der Waals surface area contributed by atoms with Crippen LogP contribution in [-0.2, 0) is 11.3 Å². The van der Waals surface area contributed by atoms with E-state index in [4.69, 9.17) is 4.74 Å². The normalized spacial score (nSPS) is 18.9. The summed E-state index contributed by atoms with van der Waals surface area (Å²) in [4.78, 5) is 28.2. The number of methoxy groups -OCH3 is 1. The second-order valence-electron chi connectivity index (χ2n) is 7.33. The van der Waals surface area contributed by atoms with Gasteiger partial charge < -0.3 is 14.8 Å². The number of nitrogens with one attached hydrogen (secondary N) is 1. The Hall–Kier alpha value is -2.42. The summed E-state index contributed by atoms with van der Waals surface area (Å²) in [5.74, 6) is -0.0121. The van der Waals surface area contributed by atoms with Crippen LogP contribution in [0, 0.1) is 0 Å². The van der Waals surface area contributed by atoms with Crippen molar-refractivity contribution >= 4 is 11.9 Å². The largest absolute Gasteiger partial charge is 0.493 e. The van der Waals surface area contributed by atoms with Gasteiger partial charge in [0.15, 0.2) is 11.5 Å². The third kappa shape index (κ3) is 4.19. The Bertz CT molecular complexity index is 738. The van der Waals surface area contributed by atoms with Gasteiger partial charge in [0, 0.05) is 6.54 Å². The van der Waals surface area contributed by atoms with Crippen molar-refractivity contribution < 1.29 is 27.8 Å². The molecule has 0 atom stereocenters. The molecule has 1 heterocycles. The number of alkyl halides is 2. The molecule has 1 N–H and O–H groups in total. The van der Waals surface area contributed by atoms with Crippen LogP contribution in [0.4, 0.5) is 13.6 Å². The van der Waals surface area contributed by atoms with E-state index in [1.54, 1.807) is 19.2 Å². The first kappa shape index (κ1) is 20.3. The number of carbonyl (C=O) groups is 2. The molecule has 1 aromatic rings. The molecule has 1 spiro atoms. The highest BCUT2D eigenvalue weighted by atomic mass is 19.3. The lowest BCUT2D eigenvalue weighted by atomic mass is 9.82. The fourth-order valence-electron chi connectivity index (χ4n) is 3.91. The third-order valence-corrected chi connectivity index (χ3v) is 5.23. The van der Waals surface area contributed by atoms with Crippen LogP contribution >= 0.6 is 0 Å². The van der Waals surface area contributed by atoms with E-state index >= 15 is 0 Å². The van der Waals surface area contributed by atoms with Gasteiger partial charge in [-0.25, -0.2) is 9.69 Å². The van der Waals surface area contributed by atoms with Gasteiger partial charge in [0.05, 0.1) is 13.8 Å². The lowest BCUT2D eigenvalue weighted by Gasteiger charge is -2.31. The molecule has 154 valence electrons. The van der Waals surface area contributed by atoms with Crippen LogP contribution in [0.1, 0.15) is 37.7 Å². The number of carbonyl (C=O) groups excluding carboxylic acids is 2. The number of halogens is 2. The summed E-state index contributed by atoms with van der Waals surface area (Å²) in [7, 11) is 3.15. The monoisotopic (exact) mass is 397 g/mol. The second-order valence-corrected chi connectivity index (χ2v) is 7.33. The highest BCUT2D eigenvalue weighted by Gasteiger charge is 2.51. The number of hydrogen-bond donors (Lipinski definition) is 1. The maximum atomic E-state index is 12.8. The van der Waals surface area contributed by atoms with Crippen LogP contribution in [-0.4, -0.2) is 54.7 Å². The first-order valence-electron chi connectivity index (χ1n) is 9.29. The Morgan fingerprint density at radius 2 is 1.93 bits per heavy atom. The minimum Gasteiger partial charge on any atom is -0.493 e. The van der Waals surface area contributed by atoms with Crippen LogP contribution in [0.15, 0.2) is 18.2 Å². The topological polar surface area (TPSA) is 71.1 Å². The molecular formula is C19H25F2N3O4. The number of imide groups is 1. The van der Waals surface area contributed by atoms with E-state index in [9.17, 15) is 18.4 Å². The van der Waals surface area contributed by atoms with Crippen LogP contribution in [0.3, 0.4) is 0 Å². The van der Waals surface area contributed by atoms with E-state index in [0.717, 1.165) is 24.8 Å². The highest BCUT2D eigenvalue weighted by Crippen LogP contribution is 2.34. The molecule has 0 aromatic heterocycles. The van der Waals surface area contributed by atoms with Gasteiger partial charge in [0.1, 0.15) is 5.54 Å². The summed E-state index contributed by atoms with van der Waals surface area (Å²) in [6.45, 7) is -2.39. The number of rotatable bonds is 7. The molecule has 1 aromatic carbocycles. The summed E-state index contributed by atoms with van der Waals surface area (Å²) >= 11 is 0. The number of hydrogen-bond acceptors (Lipinski definition) is 5. The Labute approximate surface area is 162 Å². The zero-order valence-corrected chi connectivity index (χ0v) is 16.0. The minimum absolute atomic E-state index is 0.0442. The fraction of sp³-hybridized carbons (Fsp3) is 0.579. The lowest BCUT2D eigenvalue weighted by Crippen LogP contribution is -2.48. The van der Waals surface area contributed by atoms with E-state index in [0.29, 0.717) is 19.4 Å². The average molecular weight is 397 g/mol. The number of nitrogens with zero attached hydrogens (tertiary/aromatic N) is 2. The van der Waals surface area contributed by atoms with Gasteiger partial charge >= 0.3 is 12.6 Å². The Kier molecular flexibility index (Phi) is 6.02. The van der Waals surface area contributed by atoms with Crippen molar-refractivity contribution in [3.8, 4) is 11.5 Å².